The summed E-state index contributed by atoms with van der Waals surface area (Å²) in [6, 6.07) is 0. The molecule has 0 spiro atoms. The Hall–Kier alpha value is -0.690. The minimum Gasteiger partial charge on any atom is -0.479 e. The quantitative estimate of drug-likeness (QED) is 0.430. The third kappa shape index (κ3) is 1.88. The minimum atomic E-state index is -1.59. The fourth-order valence-electron chi connectivity index (χ4n) is 1.49. The lowest BCUT2D eigenvalue weighted by molar-refractivity contribution is -0.227. The fourth-order valence-corrected chi connectivity index (χ4v) is 1.49. The van der Waals surface area contributed by atoms with E-state index >= 15 is 0 Å². The number of hydrogen-bond acceptors (Lipinski definition) is 5. The predicted octanol–water partition coefficient (Wildman–Crippen LogP) is -1.67. The number of ether oxygens (including phenoxy) is 1. The fraction of sp³-hybridized carbons (Fsp3) is 0.875. The second kappa shape index (κ2) is 4.22. The first-order valence-corrected chi connectivity index (χ1v) is 4.41. The number of aliphatic hydroxyl groups excluding tert-OH is 3. The molecule has 0 aromatic heterocycles. The summed E-state index contributed by atoms with van der Waals surface area (Å²) in [5.41, 5.74) is 0. The largest absolute Gasteiger partial charge is 0.479 e. The Kier molecular flexibility index (Phi) is 3.43. The molecule has 0 bridgehead atoms. The Morgan fingerprint density at radius 1 is 1.21 bits per heavy atom. The molecule has 1 aliphatic heterocycles. The van der Waals surface area contributed by atoms with E-state index in [0.29, 0.717) is 6.42 Å². The lowest BCUT2D eigenvalue weighted by atomic mass is 9.94. The summed E-state index contributed by atoms with van der Waals surface area (Å²) >= 11 is 0. The van der Waals surface area contributed by atoms with Crippen LogP contribution in [0.1, 0.15) is 13.3 Å². The van der Waals surface area contributed by atoms with E-state index < -0.39 is 36.5 Å². The van der Waals surface area contributed by atoms with Gasteiger partial charge < -0.3 is 25.2 Å². The SMILES string of the molecule is CC[C@H]1O[C@H](C(=O)O)[C@@H](O)[C@H](O)[C@H]1O. The summed E-state index contributed by atoms with van der Waals surface area (Å²) in [6.45, 7) is 1.69. The molecule has 0 saturated carbocycles. The molecular weight excluding hydrogens is 192 g/mol. The number of carbonyl (C=O) groups is 1. The van der Waals surface area contributed by atoms with Crippen LogP contribution in [0.4, 0.5) is 0 Å². The van der Waals surface area contributed by atoms with Gasteiger partial charge in [0.15, 0.2) is 6.10 Å². The summed E-state index contributed by atoms with van der Waals surface area (Å²) in [6.07, 6.45) is -6.17. The van der Waals surface area contributed by atoms with Crippen molar-refractivity contribution in [3.63, 3.8) is 0 Å². The van der Waals surface area contributed by atoms with Crippen molar-refractivity contribution in [2.45, 2.75) is 43.9 Å². The van der Waals surface area contributed by atoms with Crippen molar-refractivity contribution < 1.29 is 30.0 Å². The molecule has 82 valence electrons. The van der Waals surface area contributed by atoms with Gasteiger partial charge in [-0.15, -0.1) is 0 Å². The molecule has 6 heteroatoms. The molecule has 1 saturated heterocycles. The standard InChI is InChI=1S/C8H14O6/c1-2-3-4(9)5(10)6(11)7(14-3)8(12)13/h3-7,9-11H,2H2,1H3,(H,12,13)/t3-,4+,5-,6+,7+/m1/s1. The van der Waals surface area contributed by atoms with Crippen LogP contribution in [0, 0.1) is 0 Å². The highest BCUT2D eigenvalue weighted by Crippen LogP contribution is 2.23. The summed E-state index contributed by atoms with van der Waals surface area (Å²) in [4.78, 5) is 10.6. The Labute approximate surface area is 80.7 Å². The number of carboxylic acids is 1. The van der Waals surface area contributed by atoms with Gasteiger partial charge in [-0.05, 0) is 6.42 Å². The maximum atomic E-state index is 10.6. The van der Waals surface area contributed by atoms with Crippen molar-refractivity contribution in [2.24, 2.45) is 0 Å². The Balaban J connectivity index is 2.78. The van der Waals surface area contributed by atoms with E-state index in [1.807, 2.05) is 0 Å². The molecular formula is C8H14O6. The summed E-state index contributed by atoms with van der Waals surface area (Å²) in [7, 11) is 0. The zero-order valence-corrected chi connectivity index (χ0v) is 7.70. The van der Waals surface area contributed by atoms with E-state index in [-0.39, 0.29) is 0 Å². The lowest BCUT2D eigenvalue weighted by Crippen LogP contribution is -2.59. The smallest absolute Gasteiger partial charge is 0.335 e. The van der Waals surface area contributed by atoms with Crippen molar-refractivity contribution in [3.05, 3.63) is 0 Å². The van der Waals surface area contributed by atoms with Crippen molar-refractivity contribution in [3.8, 4) is 0 Å². The maximum absolute atomic E-state index is 10.6. The molecule has 0 unspecified atom stereocenters. The van der Waals surface area contributed by atoms with E-state index in [1.165, 1.54) is 0 Å². The first-order valence-electron chi connectivity index (χ1n) is 4.41. The first kappa shape index (κ1) is 11.4. The van der Waals surface area contributed by atoms with Crippen LogP contribution in [0.5, 0.6) is 0 Å². The predicted molar refractivity (Wildman–Crippen MR) is 44.6 cm³/mol. The third-order valence-electron chi connectivity index (χ3n) is 2.36. The topological polar surface area (TPSA) is 107 Å². The number of aliphatic carboxylic acids is 1. The lowest BCUT2D eigenvalue weighted by Gasteiger charge is -2.38. The normalized spacial score (nSPS) is 43.6. The van der Waals surface area contributed by atoms with Crippen molar-refractivity contribution in [1.82, 2.24) is 0 Å². The highest BCUT2D eigenvalue weighted by molar-refractivity contribution is 5.73. The van der Waals surface area contributed by atoms with Gasteiger partial charge in [0.2, 0.25) is 0 Å². The van der Waals surface area contributed by atoms with Gasteiger partial charge in [-0.3, -0.25) is 0 Å². The molecule has 1 heterocycles. The number of carboxylic acid groups (broad SMARTS) is 1. The molecule has 1 aliphatic rings. The van der Waals surface area contributed by atoms with E-state index in [9.17, 15) is 20.1 Å². The number of aliphatic hydroxyl groups is 3. The molecule has 5 atom stereocenters. The van der Waals surface area contributed by atoms with Crippen molar-refractivity contribution in [2.75, 3.05) is 0 Å². The zero-order valence-electron chi connectivity index (χ0n) is 7.70. The summed E-state index contributed by atoms with van der Waals surface area (Å²) in [5.74, 6) is -1.35. The second-order valence-electron chi connectivity index (χ2n) is 3.31. The highest BCUT2D eigenvalue weighted by atomic mass is 16.6. The third-order valence-corrected chi connectivity index (χ3v) is 2.36. The van der Waals surface area contributed by atoms with Crippen molar-refractivity contribution >= 4 is 5.97 Å². The minimum absolute atomic E-state index is 0.370. The van der Waals surface area contributed by atoms with Crippen LogP contribution in [0.15, 0.2) is 0 Å². The van der Waals surface area contributed by atoms with Gasteiger partial charge in [0.25, 0.3) is 0 Å². The first-order chi connectivity index (χ1) is 6.49. The summed E-state index contributed by atoms with van der Waals surface area (Å²) in [5, 5.41) is 36.6. The van der Waals surface area contributed by atoms with Gasteiger partial charge in [-0.1, -0.05) is 6.92 Å². The average molecular weight is 206 g/mol. The Morgan fingerprint density at radius 3 is 2.21 bits per heavy atom. The van der Waals surface area contributed by atoms with Crippen molar-refractivity contribution in [1.29, 1.82) is 0 Å². The maximum Gasteiger partial charge on any atom is 0.335 e. The number of hydrogen-bond donors (Lipinski definition) is 4. The molecule has 1 rings (SSSR count). The van der Waals surface area contributed by atoms with Gasteiger partial charge in [0.1, 0.15) is 18.3 Å². The van der Waals surface area contributed by atoms with Crippen LogP contribution < -0.4 is 0 Å². The van der Waals surface area contributed by atoms with Crippen LogP contribution in [0.2, 0.25) is 0 Å². The molecule has 0 amide bonds. The van der Waals surface area contributed by atoms with Gasteiger partial charge >= 0.3 is 5.97 Å². The van der Waals surface area contributed by atoms with E-state index in [0.717, 1.165) is 0 Å². The molecule has 4 N–H and O–H groups in total. The monoisotopic (exact) mass is 206 g/mol. The molecule has 1 fully saturated rings. The molecule has 0 radical (unpaired) electrons. The van der Waals surface area contributed by atoms with E-state index in [2.05, 4.69) is 0 Å². The van der Waals surface area contributed by atoms with Crippen LogP contribution in [0.25, 0.3) is 0 Å². The van der Waals surface area contributed by atoms with E-state index in [4.69, 9.17) is 9.84 Å². The number of rotatable bonds is 2. The van der Waals surface area contributed by atoms with Crippen LogP contribution >= 0.6 is 0 Å². The Morgan fingerprint density at radius 2 is 1.79 bits per heavy atom. The average Bonchev–Trinajstić information content (AvgIpc) is 2.14. The van der Waals surface area contributed by atoms with E-state index in [1.54, 1.807) is 6.92 Å². The molecule has 0 aromatic rings. The molecule has 0 aliphatic carbocycles. The molecule has 14 heavy (non-hydrogen) atoms. The van der Waals surface area contributed by atoms with Gasteiger partial charge in [0, 0.05) is 0 Å². The van der Waals surface area contributed by atoms with Crippen LogP contribution in [-0.4, -0.2) is 56.9 Å². The van der Waals surface area contributed by atoms with Gasteiger partial charge in [-0.2, -0.15) is 0 Å². The van der Waals surface area contributed by atoms with Gasteiger partial charge in [0.05, 0.1) is 6.10 Å². The zero-order chi connectivity index (χ0) is 10.9. The highest BCUT2D eigenvalue weighted by Gasteiger charge is 2.45. The van der Waals surface area contributed by atoms with Crippen LogP contribution in [0.3, 0.4) is 0 Å². The molecule has 0 aromatic carbocycles. The Bertz CT molecular complexity index is 216. The summed E-state index contributed by atoms with van der Waals surface area (Å²) < 4.78 is 4.93. The second-order valence-corrected chi connectivity index (χ2v) is 3.31. The molecule has 6 nitrogen and oxygen atoms in total. The van der Waals surface area contributed by atoms with Crippen LogP contribution in [-0.2, 0) is 9.53 Å². The van der Waals surface area contributed by atoms with Gasteiger partial charge in [-0.25, -0.2) is 4.79 Å².